The van der Waals surface area contributed by atoms with Gasteiger partial charge in [0.15, 0.2) is 0 Å². The van der Waals surface area contributed by atoms with E-state index in [1.165, 1.54) is 0 Å². The number of aliphatic hydroxyl groups excluding tert-OH is 1. The van der Waals surface area contributed by atoms with Gasteiger partial charge in [-0.3, -0.25) is 4.79 Å². The summed E-state index contributed by atoms with van der Waals surface area (Å²) >= 11 is 0. The Morgan fingerprint density at radius 3 is 2.75 bits per heavy atom. The van der Waals surface area contributed by atoms with Crippen LogP contribution in [0.1, 0.15) is 27.2 Å². The molecule has 0 aromatic heterocycles. The van der Waals surface area contributed by atoms with E-state index in [0.29, 0.717) is 18.5 Å². The predicted octanol–water partition coefficient (Wildman–Crippen LogP) is 0.461. The van der Waals surface area contributed by atoms with Crippen LogP contribution in [0.5, 0.6) is 0 Å². The zero-order chi connectivity index (χ0) is 12.1. The van der Waals surface area contributed by atoms with Gasteiger partial charge in [-0.15, -0.1) is 0 Å². The second-order valence-corrected chi connectivity index (χ2v) is 5.11. The molecule has 1 aliphatic heterocycles. The van der Waals surface area contributed by atoms with Crippen molar-refractivity contribution in [3.63, 3.8) is 0 Å². The molecule has 2 unspecified atom stereocenters. The number of nitrogens with zero attached hydrogens (tertiary/aromatic N) is 1. The third-order valence-corrected chi connectivity index (χ3v) is 3.01. The molecule has 0 aliphatic carbocycles. The smallest absolute Gasteiger partial charge is 0.225 e. The maximum Gasteiger partial charge on any atom is 0.225 e. The van der Waals surface area contributed by atoms with E-state index < -0.39 is 0 Å². The molecule has 0 aromatic carbocycles. The molecule has 4 heteroatoms. The summed E-state index contributed by atoms with van der Waals surface area (Å²) < 4.78 is 0. The van der Waals surface area contributed by atoms with Crippen molar-refractivity contribution in [2.45, 2.75) is 33.2 Å². The monoisotopic (exact) mass is 228 g/mol. The summed E-state index contributed by atoms with van der Waals surface area (Å²) in [6, 6.07) is 0.332. The zero-order valence-electron chi connectivity index (χ0n) is 10.6. The van der Waals surface area contributed by atoms with E-state index >= 15 is 0 Å². The average Bonchev–Trinajstić information content (AvgIpc) is 2.24. The van der Waals surface area contributed by atoms with Gasteiger partial charge < -0.3 is 15.3 Å². The van der Waals surface area contributed by atoms with Gasteiger partial charge in [0.25, 0.3) is 0 Å². The molecule has 1 aliphatic rings. The lowest BCUT2D eigenvalue weighted by Crippen LogP contribution is -2.52. The van der Waals surface area contributed by atoms with E-state index in [1.54, 1.807) is 0 Å². The number of carbonyl (C=O) groups excluding carboxylic acids is 1. The van der Waals surface area contributed by atoms with Gasteiger partial charge in [0.2, 0.25) is 5.91 Å². The van der Waals surface area contributed by atoms with E-state index in [0.717, 1.165) is 19.5 Å². The summed E-state index contributed by atoms with van der Waals surface area (Å²) in [5.74, 6) is 0.846. The molecule has 2 N–H and O–H groups in total. The molecule has 0 saturated carbocycles. The molecule has 0 spiro atoms. The van der Waals surface area contributed by atoms with Gasteiger partial charge in [0.05, 0.1) is 6.61 Å². The Morgan fingerprint density at radius 2 is 2.19 bits per heavy atom. The van der Waals surface area contributed by atoms with Gasteiger partial charge in [-0.1, -0.05) is 20.8 Å². The molecule has 1 fully saturated rings. The van der Waals surface area contributed by atoms with E-state index in [4.69, 9.17) is 5.11 Å². The van der Waals surface area contributed by atoms with Crippen molar-refractivity contribution in [2.75, 3.05) is 26.2 Å². The number of rotatable bonds is 4. The number of amides is 1. The van der Waals surface area contributed by atoms with Crippen LogP contribution in [0.3, 0.4) is 0 Å². The number of nitrogens with one attached hydrogen (secondary N) is 1. The molecule has 0 bridgehead atoms. The average molecular weight is 228 g/mol. The van der Waals surface area contributed by atoms with E-state index in [-0.39, 0.29) is 18.4 Å². The number of aliphatic hydroxyl groups is 1. The first kappa shape index (κ1) is 13.5. The highest BCUT2D eigenvalue weighted by Gasteiger charge is 2.28. The topological polar surface area (TPSA) is 52.6 Å². The Kier molecular flexibility index (Phi) is 5.22. The third-order valence-electron chi connectivity index (χ3n) is 3.01. The van der Waals surface area contributed by atoms with Gasteiger partial charge in [0, 0.05) is 31.6 Å². The molecule has 0 aromatic rings. The molecular weight excluding hydrogens is 204 g/mol. The quantitative estimate of drug-likeness (QED) is 0.735. The standard InChI is InChI=1S/C12H24N2O2/c1-9(2)12(16)14-7-10(3)6-11(8-14)13-4-5-15/h9-11,13,15H,4-8H2,1-3H3. The first-order chi connectivity index (χ1) is 7.54. The van der Waals surface area contributed by atoms with Crippen molar-refractivity contribution in [1.29, 1.82) is 0 Å². The molecule has 4 nitrogen and oxygen atoms in total. The Hall–Kier alpha value is -0.610. The molecule has 94 valence electrons. The van der Waals surface area contributed by atoms with Crippen LogP contribution in [-0.2, 0) is 4.79 Å². The maximum absolute atomic E-state index is 11.9. The lowest BCUT2D eigenvalue weighted by Gasteiger charge is -2.37. The number of hydrogen-bond acceptors (Lipinski definition) is 3. The molecule has 0 radical (unpaired) electrons. The molecule has 1 saturated heterocycles. The van der Waals surface area contributed by atoms with Gasteiger partial charge in [0.1, 0.15) is 0 Å². The maximum atomic E-state index is 11.9. The highest BCUT2D eigenvalue weighted by Crippen LogP contribution is 2.18. The Balaban J connectivity index is 2.50. The second kappa shape index (κ2) is 6.21. The number of carbonyl (C=O) groups is 1. The van der Waals surface area contributed by atoms with Crippen LogP contribution >= 0.6 is 0 Å². The largest absolute Gasteiger partial charge is 0.395 e. The van der Waals surface area contributed by atoms with Crippen LogP contribution in [0, 0.1) is 11.8 Å². The summed E-state index contributed by atoms with van der Waals surface area (Å²) in [6.45, 7) is 8.47. The van der Waals surface area contributed by atoms with Crippen molar-refractivity contribution < 1.29 is 9.90 Å². The van der Waals surface area contributed by atoms with Crippen molar-refractivity contribution in [1.82, 2.24) is 10.2 Å². The minimum absolute atomic E-state index is 0.0730. The fourth-order valence-electron chi connectivity index (χ4n) is 2.31. The summed E-state index contributed by atoms with van der Waals surface area (Å²) in [7, 11) is 0. The SMILES string of the molecule is CC1CC(NCCO)CN(C(=O)C(C)C)C1. The lowest BCUT2D eigenvalue weighted by atomic mass is 9.95. The van der Waals surface area contributed by atoms with Crippen LogP contribution in [0.15, 0.2) is 0 Å². The summed E-state index contributed by atoms with van der Waals surface area (Å²) in [6.07, 6.45) is 1.09. The molecule has 2 atom stereocenters. The van der Waals surface area contributed by atoms with Gasteiger partial charge in [-0.2, -0.15) is 0 Å². The fourth-order valence-corrected chi connectivity index (χ4v) is 2.31. The highest BCUT2D eigenvalue weighted by molar-refractivity contribution is 5.78. The first-order valence-electron chi connectivity index (χ1n) is 6.17. The van der Waals surface area contributed by atoms with Crippen LogP contribution in [0.2, 0.25) is 0 Å². The third kappa shape index (κ3) is 3.76. The van der Waals surface area contributed by atoms with Gasteiger partial charge in [-0.05, 0) is 12.3 Å². The van der Waals surface area contributed by atoms with Crippen LogP contribution in [0.25, 0.3) is 0 Å². The highest BCUT2D eigenvalue weighted by atomic mass is 16.3. The van der Waals surface area contributed by atoms with E-state index in [2.05, 4.69) is 12.2 Å². The number of likely N-dealkylation sites (tertiary alicyclic amines) is 1. The van der Waals surface area contributed by atoms with Crippen molar-refractivity contribution in [3.05, 3.63) is 0 Å². The van der Waals surface area contributed by atoms with Crippen LogP contribution < -0.4 is 5.32 Å². The van der Waals surface area contributed by atoms with Gasteiger partial charge in [-0.25, -0.2) is 0 Å². The summed E-state index contributed by atoms with van der Waals surface area (Å²) in [5, 5.41) is 12.1. The molecule has 1 rings (SSSR count). The fraction of sp³-hybridized carbons (Fsp3) is 0.917. The van der Waals surface area contributed by atoms with Crippen molar-refractivity contribution in [2.24, 2.45) is 11.8 Å². The second-order valence-electron chi connectivity index (χ2n) is 5.11. The van der Waals surface area contributed by atoms with Crippen LogP contribution in [0.4, 0.5) is 0 Å². The summed E-state index contributed by atoms with van der Waals surface area (Å²) in [5.41, 5.74) is 0. The Bertz CT molecular complexity index is 231. The molecule has 16 heavy (non-hydrogen) atoms. The normalized spacial score (nSPS) is 26.2. The first-order valence-corrected chi connectivity index (χ1v) is 6.17. The van der Waals surface area contributed by atoms with Crippen LogP contribution in [-0.4, -0.2) is 48.2 Å². The minimum Gasteiger partial charge on any atom is -0.395 e. The van der Waals surface area contributed by atoms with Gasteiger partial charge >= 0.3 is 0 Å². The van der Waals surface area contributed by atoms with Crippen molar-refractivity contribution >= 4 is 5.91 Å². The molecule has 1 heterocycles. The Morgan fingerprint density at radius 1 is 1.50 bits per heavy atom. The van der Waals surface area contributed by atoms with E-state index in [9.17, 15) is 4.79 Å². The number of piperidine rings is 1. The zero-order valence-corrected chi connectivity index (χ0v) is 10.6. The van der Waals surface area contributed by atoms with Crippen molar-refractivity contribution in [3.8, 4) is 0 Å². The minimum atomic E-state index is 0.0730. The Labute approximate surface area is 98.0 Å². The molecule has 1 amide bonds. The summed E-state index contributed by atoms with van der Waals surface area (Å²) in [4.78, 5) is 13.9. The predicted molar refractivity (Wildman–Crippen MR) is 64.1 cm³/mol. The lowest BCUT2D eigenvalue weighted by molar-refractivity contribution is -0.136. The molecular formula is C12H24N2O2. The number of hydrogen-bond donors (Lipinski definition) is 2. The van der Waals surface area contributed by atoms with E-state index in [1.807, 2.05) is 18.7 Å².